The van der Waals surface area contributed by atoms with Gasteiger partial charge in [0.05, 0.1) is 7.11 Å². The Labute approximate surface area is 122 Å². The van der Waals surface area contributed by atoms with Crippen LogP contribution in [0.5, 0.6) is 5.75 Å². The maximum Gasteiger partial charge on any atom is 0.118 e. The summed E-state index contributed by atoms with van der Waals surface area (Å²) in [6.45, 7) is 4.55. The highest BCUT2D eigenvalue weighted by molar-refractivity contribution is 5.30. The van der Waals surface area contributed by atoms with Crippen molar-refractivity contribution in [1.82, 2.24) is 4.98 Å². The van der Waals surface area contributed by atoms with Crippen LogP contribution in [0.2, 0.25) is 0 Å². The Balaban J connectivity index is 1.97. The van der Waals surface area contributed by atoms with E-state index in [1.165, 1.54) is 36.2 Å². The minimum atomic E-state index is 0.625. The zero-order valence-corrected chi connectivity index (χ0v) is 12.8. The number of aromatic amines is 1. The number of aromatic nitrogens is 1. The van der Waals surface area contributed by atoms with Gasteiger partial charge >= 0.3 is 0 Å². The second-order valence-corrected chi connectivity index (χ2v) is 5.51. The van der Waals surface area contributed by atoms with Crippen LogP contribution in [0.1, 0.15) is 56.0 Å². The SMILES string of the molecule is CCCCC(C)c1ccc(Cc2ccc(OC)cc2)[nH]1. The highest BCUT2D eigenvalue weighted by Gasteiger charge is 2.08. The standard InChI is InChI=1S/C18H25NO/c1-4-5-6-14(2)18-12-9-16(19-18)13-15-7-10-17(20-3)11-8-15/h7-12,14,19H,4-6,13H2,1-3H3. The van der Waals surface area contributed by atoms with E-state index in [0.29, 0.717) is 5.92 Å². The number of rotatable bonds is 7. The molecule has 2 heteroatoms. The average Bonchev–Trinajstić information content (AvgIpc) is 2.94. The van der Waals surface area contributed by atoms with Crippen LogP contribution < -0.4 is 4.74 Å². The number of benzene rings is 1. The lowest BCUT2D eigenvalue weighted by Crippen LogP contribution is -1.95. The number of hydrogen-bond donors (Lipinski definition) is 1. The molecule has 2 nitrogen and oxygen atoms in total. The molecule has 0 saturated carbocycles. The summed E-state index contributed by atoms with van der Waals surface area (Å²) in [5.74, 6) is 1.54. The fourth-order valence-corrected chi connectivity index (χ4v) is 2.48. The van der Waals surface area contributed by atoms with Crippen LogP contribution in [0.3, 0.4) is 0 Å². The Hall–Kier alpha value is -1.70. The van der Waals surface area contributed by atoms with Crippen molar-refractivity contribution in [2.75, 3.05) is 7.11 Å². The van der Waals surface area contributed by atoms with E-state index in [1.807, 2.05) is 12.1 Å². The molecule has 0 aliphatic carbocycles. The van der Waals surface area contributed by atoms with E-state index in [9.17, 15) is 0 Å². The topological polar surface area (TPSA) is 25.0 Å². The zero-order valence-electron chi connectivity index (χ0n) is 12.8. The summed E-state index contributed by atoms with van der Waals surface area (Å²) in [6.07, 6.45) is 4.78. The van der Waals surface area contributed by atoms with E-state index >= 15 is 0 Å². The van der Waals surface area contributed by atoms with Crippen LogP contribution in [0.4, 0.5) is 0 Å². The van der Waals surface area contributed by atoms with Crippen molar-refractivity contribution >= 4 is 0 Å². The van der Waals surface area contributed by atoms with E-state index in [2.05, 4.69) is 43.1 Å². The molecule has 0 aliphatic rings. The maximum atomic E-state index is 5.18. The molecule has 1 aromatic carbocycles. The fraction of sp³-hybridized carbons (Fsp3) is 0.444. The smallest absolute Gasteiger partial charge is 0.118 e. The van der Waals surface area contributed by atoms with Gasteiger partial charge in [-0.05, 0) is 42.2 Å². The Morgan fingerprint density at radius 2 is 1.85 bits per heavy atom. The van der Waals surface area contributed by atoms with Gasteiger partial charge in [0.25, 0.3) is 0 Å². The van der Waals surface area contributed by atoms with Crippen LogP contribution >= 0.6 is 0 Å². The van der Waals surface area contributed by atoms with Crippen molar-refractivity contribution in [1.29, 1.82) is 0 Å². The first kappa shape index (κ1) is 14.7. The number of H-pyrrole nitrogens is 1. The van der Waals surface area contributed by atoms with Crippen molar-refractivity contribution in [2.24, 2.45) is 0 Å². The van der Waals surface area contributed by atoms with E-state index in [1.54, 1.807) is 7.11 Å². The molecule has 0 amide bonds. The summed E-state index contributed by atoms with van der Waals surface area (Å²) in [7, 11) is 1.70. The molecule has 1 aromatic heterocycles. The molecule has 20 heavy (non-hydrogen) atoms. The number of nitrogens with one attached hydrogen (secondary N) is 1. The molecule has 0 bridgehead atoms. The van der Waals surface area contributed by atoms with Gasteiger partial charge in [0.1, 0.15) is 5.75 Å². The first-order chi connectivity index (χ1) is 9.72. The third-order valence-corrected chi connectivity index (χ3v) is 3.84. The largest absolute Gasteiger partial charge is 0.497 e. The van der Waals surface area contributed by atoms with Crippen LogP contribution in [0, 0.1) is 0 Å². The molecule has 2 rings (SSSR count). The second kappa shape index (κ2) is 7.18. The van der Waals surface area contributed by atoms with Gasteiger partial charge in [-0.1, -0.05) is 38.8 Å². The van der Waals surface area contributed by atoms with Gasteiger partial charge in [-0.25, -0.2) is 0 Å². The average molecular weight is 271 g/mol. The quantitative estimate of drug-likeness (QED) is 0.760. The van der Waals surface area contributed by atoms with Gasteiger partial charge < -0.3 is 9.72 Å². The summed E-state index contributed by atoms with van der Waals surface area (Å²) in [6, 6.07) is 12.7. The number of unbranched alkanes of at least 4 members (excludes halogenated alkanes) is 1. The maximum absolute atomic E-state index is 5.18. The number of ether oxygens (including phenoxy) is 1. The van der Waals surface area contributed by atoms with Crippen LogP contribution in [-0.4, -0.2) is 12.1 Å². The van der Waals surface area contributed by atoms with Gasteiger partial charge in [-0.2, -0.15) is 0 Å². The molecule has 0 aliphatic heterocycles. The zero-order chi connectivity index (χ0) is 14.4. The van der Waals surface area contributed by atoms with Crippen LogP contribution in [-0.2, 0) is 6.42 Å². The molecule has 1 unspecified atom stereocenters. The fourth-order valence-electron chi connectivity index (χ4n) is 2.48. The second-order valence-electron chi connectivity index (χ2n) is 5.51. The predicted octanol–water partition coefficient (Wildman–Crippen LogP) is 4.91. The first-order valence-corrected chi connectivity index (χ1v) is 7.53. The Morgan fingerprint density at radius 3 is 2.50 bits per heavy atom. The lowest BCUT2D eigenvalue weighted by molar-refractivity contribution is 0.414. The monoisotopic (exact) mass is 271 g/mol. The summed E-state index contributed by atoms with van der Waals surface area (Å²) >= 11 is 0. The van der Waals surface area contributed by atoms with Gasteiger partial charge in [-0.15, -0.1) is 0 Å². The number of hydrogen-bond acceptors (Lipinski definition) is 1. The third-order valence-electron chi connectivity index (χ3n) is 3.84. The Bertz CT molecular complexity index is 512. The molecule has 1 atom stereocenters. The van der Waals surface area contributed by atoms with E-state index < -0.39 is 0 Å². The van der Waals surface area contributed by atoms with Crippen LogP contribution in [0.25, 0.3) is 0 Å². The molecule has 0 spiro atoms. The normalized spacial score (nSPS) is 12.3. The molecule has 2 aromatic rings. The summed E-state index contributed by atoms with van der Waals surface area (Å²) in [5, 5.41) is 0. The highest BCUT2D eigenvalue weighted by atomic mass is 16.5. The van der Waals surface area contributed by atoms with E-state index in [-0.39, 0.29) is 0 Å². The first-order valence-electron chi connectivity index (χ1n) is 7.53. The number of methoxy groups -OCH3 is 1. The molecular weight excluding hydrogens is 246 g/mol. The van der Waals surface area contributed by atoms with E-state index in [0.717, 1.165) is 12.2 Å². The van der Waals surface area contributed by atoms with Crippen molar-refractivity contribution in [3.8, 4) is 5.75 Å². The molecule has 1 heterocycles. The molecule has 0 fully saturated rings. The predicted molar refractivity (Wildman–Crippen MR) is 84.5 cm³/mol. The van der Waals surface area contributed by atoms with Crippen LogP contribution in [0.15, 0.2) is 36.4 Å². The lowest BCUT2D eigenvalue weighted by atomic mass is 10.0. The minimum absolute atomic E-state index is 0.625. The molecule has 0 saturated heterocycles. The highest BCUT2D eigenvalue weighted by Crippen LogP contribution is 2.22. The van der Waals surface area contributed by atoms with Crippen molar-refractivity contribution in [2.45, 2.75) is 45.4 Å². The minimum Gasteiger partial charge on any atom is -0.497 e. The third kappa shape index (κ3) is 3.89. The Kier molecular flexibility index (Phi) is 5.28. The summed E-state index contributed by atoms with van der Waals surface area (Å²) in [4.78, 5) is 3.57. The lowest BCUT2D eigenvalue weighted by Gasteiger charge is -2.08. The molecule has 0 radical (unpaired) electrons. The summed E-state index contributed by atoms with van der Waals surface area (Å²) in [5.41, 5.74) is 3.95. The molecular formula is C18H25NO. The van der Waals surface area contributed by atoms with Gasteiger partial charge in [0, 0.05) is 17.8 Å². The van der Waals surface area contributed by atoms with Gasteiger partial charge in [0.2, 0.25) is 0 Å². The molecule has 1 N–H and O–H groups in total. The van der Waals surface area contributed by atoms with E-state index in [4.69, 9.17) is 4.74 Å². The van der Waals surface area contributed by atoms with Gasteiger partial charge in [0.15, 0.2) is 0 Å². The molecule has 108 valence electrons. The van der Waals surface area contributed by atoms with Gasteiger partial charge in [-0.3, -0.25) is 0 Å². The Morgan fingerprint density at radius 1 is 1.10 bits per heavy atom. The van der Waals surface area contributed by atoms with Crippen molar-refractivity contribution in [3.63, 3.8) is 0 Å². The summed E-state index contributed by atoms with van der Waals surface area (Å²) < 4.78 is 5.18. The van der Waals surface area contributed by atoms with Crippen molar-refractivity contribution < 1.29 is 4.74 Å². The van der Waals surface area contributed by atoms with Crippen molar-refractivity contribution in [3.05, 3.63) is 53.3 Å².